The van der Waals surface area contributed by atoms with Crippen LogP contribution in [-0.2, 0) is 14.3 Å². The lowest BCUT2D eigenvalue weighted by Crippen LogP contribution is -3.11. The van der Waals surface area contributed by atoms with E-state index in [1.54, 1.807) is 4.90 Å². The number of Topliss-reactive ketones (excluding diaryl/α,β-unsaturated/α-hetero) is 1. The first-order valence-corrected chi connectivity index (χ1v) is 8.94. The van der Waals surface area contributed by atoms with Gasteiger partial charge in [0.05, 0.1) is 56.7 Å². The molecule has 0 aromatic rings. The molecule has 3 heterocycles. The van der Waals surface area contributed by atoms with Crippen molar-refractivity contribution in [3.05, 3.63) is 35.1 Å². The van der Waals surface area contributed by atoms with Gasteiger partial charge in [-0.1, -0.05) is 0 Å². The van der Waals surface area contributed by atoms with Crippen molar-refractivity contribution in [2.24, 2.45) is 5.92 Å². The Hall–Kier alpha value is -2.35. The molecule has 0 aromatic carbocycles. The molecule has 0 spiro atoms. The van der Waals surface area contributed by atoms with Gasteiger partial charge in [0.25, 0.3) is 0 Å². The molecule has 7 nitrogen and oxygen atoms in total. The van der Waals surface area contributed by atoms with Crippen LogP contribution in [0.4, 0.5) is 4.39 Å². The Morgan fingerprint density at radius 2 is 2.08 bits per heavy atom. The van der Waals surface area contributed by atoms with Gasteiger partial charge in [0.1, 0.15) is 29.9 Å². The van der Waals surface area contributed by atoms with Crippen LogP contribution >= 0.6 is 0 Å². The molecule has 1 aliphatic carbocycles. The van der Waals surface area contributed by atoms with Crippen LogP contribution in [0.3, 0.4) is 0 Å². The van der Waals surface area contributed by atoms with Crippen molar-refractivity contribution in [1.29, 1.82) is 0 Å². The molecule has 0 aromatic heterocycles. The fourth-order valence-corrected chi connectivity index (χ4v) is 4.18. The first-order valence-electron chi connectivity index (χ1n) is 8.94. The topological polar surface area (TPSA) is 77.3 Å². The number of piperazine rings is 1. The number of carbonyl (C=O) groups is 2. The fourth-order valence-electron chi connectivity index (χ4n) is 4.18. The molecule has 4 aliphatic rings. The largest absolute Gasteiger partial charge is 0.545 e. The Kier molecular flexibility index (Phi) is 4.02. The normalized spacial score (nSPS) is 32.0. The summed E-state index contributed by atoms with van der Waals surface area (Å²) >= 11 is 0. The van der Waals surface area contributed by atoms with Crippen molar-refractivity contribution in [1.82, 2.24) is 9.80 Å². The maximum Gasteiger partial charge on any atom is 0.175 e. The first kappa shape index (κ1) is 17.1. The summed E-state index contributed by atoms with van der Waals surface area (Å²) in [4.78, 5) is 29.1. The van der Waals surface area contributed by atoms with Crippen LogP contribution in [0.25, 0.3) is 0 Å². The van der Waals surface area contributed by atoms with Gasteiger partial charge < -0.3 is 29.3 Å². The van der Waals surface area contributed by atoms with Crippen molar-refractivity contribution in [3.8, 4) is 0 Å². The van der Waals surface area contributed by atoms with Crippen molar-refractivity contribution in [3.63, 3.8) is 0 Å². The van der Waals surface area contributed by atoms with Crippen LogP contribution in [0.2, 0.25) is 0 Å². The molecule has 140 valence electrons. The predicted octanol–water partition coefficient (Wildman–Crippen LogP) is -2.18. The summed E-state index contributed by atoms with van der Waals surface area (Å²) in [5.41, 5.74) is 0.00352. The fraction of sp³-hybridized carbons (Fsp3) is 0.556. The zero-order chi connectivity index (χ0) is 18.6. The second-order valence-electron chi connectivity index (χ2n) is 7.44. The summed E-state index contributed by atoms with van der Waals surface area (Å²) < 4.78 is 20.9. The third kappa shape index (κ3) is 2.51. The van der Waals surface area contributed by atoms with Gasteiger partial charge in [0.2, 0.25) is 0 Å². The lowest BCUT2D eigenvalue weighted by atomic mass is 9.80. The molecule has 26 heavy (non-hydrogen) atoms. The monoisotopic (exact) mass is 363 g/mol. The van der Waals surface area contributed by atoms with E-state index in [2.05, 4.69) is 7.05 Å². The van der Waals surface area contributed by atoms with Gasteiger partial charge in [-0.15, -0.1) is 0 Å². The van der Waals surface area contributed by atoms with Gasteiger partial charge >= 0.3 is 0 Å². The van der Waals surface area contributed by atoms with Gasteiger partial charge in [-0.2, -0.15) is 0 Å². The third-order valence-electron chi connectivity index (χ3n) is 5.70. The molecule has 0 unspecified atom stereocenters. The Morgan fingerprint density at radius 3 is 2.73 bits per heavy atom. The lowest BCUT2D eigenvalue weighted by molar-refractivity contribution is -0.884. The van der Waals surface area contributed by atoms with Gasteiger partial charge in [0.15, 0.2) is 5.78 Å². The van der Waals surface area contributed by atoms with Crippen molar-refractivity contribution < 1.29 is 28.7 Å². The van der Waals surface area contributed by atoms with E-state index >= 15 is 4.39 Å². The lowest BCUT2D eigenvalue weighted by Gasteiger charge is -2.49. The zero-order valence-corrected chi connectivity index (χ0v) is 14.8. The molecule has 0 bridgehead atoms. The molecule has 0 saturated carbocycles. The van der Waals surface area contributed by atoms with Crippen LogP contribution in [0.15, 0.2) is 35.1 Å². The molecule has 3 aliphatic heterocycles. The minimum atomic E-state index is -1.53. The number of nitrogens with zero attached hydrogens (tertiary/aromatic N) is 2. The highest BCUT2D eigenvalue weighted by atomic mass is 19.1. The number of halogens is 1. The molecular formula is C18H22FN3O4. The number of morpholine rings is 1. The number of hydrogen-bond donors (Lipinski definition) is 1. The van der Waals surface area contributed by atoms with E-state index < -0.39 is 35.1 Å². The zero-order valence-electron chi connectivity index (χ0n) is 14.8. The molecule has 3 atom stereocenters. The molecule has 0 radical (unpaired) electrons. The highest BCUT2D eigenvalue weighted by molar-refractivity contribution is 6.18. The number of aliphatic carboxylic acids is 1. The van der Waals surface area contributed by atoms with E-state index in [0.29, 0.717) is 31.2 Å². The second-order valence-corrected chi connectivity index (χ2v) is 7.44. The number of quaternary nitrogens is 1. The standard InChI is InChI=1S/C18H22FN3O4/c1-10-9-26-17-14-11(16(23)12(18(24)25)8-22(10)14)7-13(19)15(17)21-5-3-20(2)4-6-21/h7-8,10-11,14H,3-6,9H2,1-2H3,(H,24,25)/t10-,11+,14+/m1/s1. The molecular weight excluding hydrogens is 341 g/mol. The number of rotatable bonds is 2. The summed E-state index contributed by atoms with van der Waals surface area (Å²) in [6.07, 6.45) is 2.59. The summed E-state index contributed by atoms with van der Waals surface area (Å²) in [5.74, 6) is -3.14. The number of carboxylic acid groups (broad SMARTS) is 1. The van der Waals surface area contributed by atoms with Gasteiger partial charge in [-0.05, 0) is 13.0 Å². The van der Waals surface area contributed by atoms with Crippen LogP contribution in [-0.4, -0.2) is 73.5 Å². The number of allylic oxidation sites excluding steroid dienone is 1. The Morgan fingerprint density at radius 1 is 1.38 bits per heavy atom. The SMILES string of the molecule is C[C@@H]1COC2=C(N3CC[NH+](C)CC3)C(F)=C[C@@H]3C(=O)C(C(=O)[O-])=CN1[C@H]23. The minimum absolute atomic E-state index is 0.124. The molecule has 1 N–H and O–H groups in total. The number of likely N-dealkylation sites (N-methyl/N-ethyl adjacent to an activating group) is 1. The van der Waals surface area contributed by atoms with E-state index in [-0.39, 0.29) is 6.04 Å². The predicted molar refractivity (Wildman–Crippen MR) is 87.0 cm³/mol. The van der Waals surface area contributed by atoms with Crippen LogP contribution in [0, 0.1) is 5.92 Å². The van der Waals surface area contributed by atoms with Gasteiger partial charge in [-0.3, -0.25) is 4.79 Å². The quantitative estimate of drug-likeness (QED) is 0.562. The molecule has 4 rings (SSSR count). The summed E-state index contributed by atoms with van der Waals surface area (Å²) in [6.45, 7) is 5.39. The summed E-state index contributed by atoms with van der Waals surface area (Å²) in [5, 5.41) is 11.3. The third-order valence-corrected chi connectivity index (χ3v) is 5.70. The van der Waals surface area contributed by atoms with Crippen molar-refractivity contribution >= 4 is 11.8 Å². The van der Waals surface area contributed by atoms with E-state index in [0.717, 1.165) is 13.1 Å². The van der Waals surface area contributed by atoms with E-state index in [1.807, 2.05) is 11.8 Å². The Labute approximate surface area is 151 Å². The average Bonchev–Trinajstić information content (AvgIpc) is 2.60. The number of nitrogens with one attached hydrogen (secondary N) is 1. The smallest absolute Gasteiger partial charge is 0.175 e. The number of ketones is 1. The molecule has 2 saturated heterocycles. The second kappa shape index (κ2) is 6.12. The highest BCUT2D eigenvalue weighted by Gasteiger charge is 2.49. The van der Waals surface area contributed by atoms with E-state index in [9.17, 15) is 14.7 Å². The Bertz CT molecular complexity index is 752. The maximum atomic E-state index is 15.0. The van der Waals surface area contributed by atoms with Crippen molar-refractivity contribution in [2.75, 3.05) is 39.8 Å². The van der Waals surface area contributed by atoms with Crippen LogP contribution < -0.4 is 10.0 Å². The number of hydrogen-bond acceptors (Lipinski definition) is 6. The summed E-state index contributed by atoms with van der Waals surface area (Å²) in [6, 6.07) is -0.628. The Balaban J connectivity index is 1.78. The molecule has 8 heteroatoms. The number of carboxylic acids is 1. The maximum absolute atomic E-state index is 15.0. The number of carbonyl (C=O) groups excluding carboxylic acids is 2. The average molecular weight is 363 g/mol. The molecule has 0 amide bonds. The van der Waals surface area contributed by atoms with Crippen molar-refractivity contribution in [2.45, 2.75) is 19.0 Å². The molecule has 2 fully saturated rings. The van der Waals surface area contributed by atoms with E-state index in [1.165, 1.54) is 17.2 Å². The highest BCUT2D eigenvalue weighted by Crippen LogP contribution is 2.42. The number of ether oxygens (including phenoxy) is 1. The van der Waals surface area contributed by atoms with Crippen LogP contribution in [0.5, 0.6) is 0 Å². The van der Waals surface area contributed by atoms with E-state index in [4.69, 9.17) is 4.74 Å². The first-order chi connectivity index (χ1) is 12.4. The van der Waals surface area contributed by atoms with Gasteiger partial charge in [0, 0.05) is 6.20 Å². The summed E-state index contributed by atoms with van der Waals surface area (Å²) in [7, 11) is 2.10. The minimum Gasteiger partial charge on any atom is -0.545 e. The van der Waals surface area contributed by atoms with Gasteiger partial charge in [-0.25, -0.2) is 4.39 Å². The van der Waals surface area contributed by atoms with Crippen LogP contribution in [0.1, 0.15) is 6.92 Å².